The summed E-state index contributed by atoms with van der Waals surface area (Å²) in [6.07, 6.45) is 0.988. The van der Waals surface area contributed by atoms with Gasteiger partial charge in [-0.1, -0.05) is 29.3 Å². The van der Waals surface area contributed by atoms with Crippen molar-refractivity contribution in [2.75, 3.05) is 30.9 Å². The quantitative estimate of drug-likeness (QED) is 0.579. The van der Waals surface area contributed by atoms with E-state index in [2.05, 4.69) is 5.32 Å². The third-order valence-corrected chi connectivity index (χ3v) is 6.98. The van der Waals surface area contributed by atoms with Crippen LogP contribution in [0.3, 0.4) is 0 Å². The zero-order chi connectivity index (χ0) is 24.3. The number of hydrogen-bond acceptors (Lipinski definition) is 6. The SMILES string of the molecule is CNC(=O)[C@@H](C)N(Cc1c(Cl)cccc1Cl)C(=O)CN(c1ccc2c(c1)OCO2)S(C)(=O)=O. The highest BCUT2D eigenvalue weighted by Gasteiger charge is 2.31. The Bertz CT molecular complexity index is 1150. The zero-order valence-corrected chi connectivity index (χ0v) is 20.5. The largest absolute Gasteiger partial charge is 0.454 e. The lowest BCUT2D eigenvalue weighted by atomic mass is 10.1. The molecule has 12 heteroatoms. The second kappa shape index (κ2) is 10.1. The van der Waals surface area contributed by atoms with Gasteiger partial charge in [0, 0.05) is 35.3 Å². The molecule has 178 valence electrons. The highest BCUT2D eigenvalue weighted by Crippen LogP contribution is 2.36. The van der Waals surface area contributed by atoms with Crippen LogP contribution in [0.5, 0.6) is 11.5 Å². The second-order valence-corrected chi connectivity index (χ2v) is 10.0. The van der Waals surface area contributed by atoms with Gasteiger partial charge in [-0.3, -0.25) is 13.9 Å². The third kappa shape index (κ3) is 5.63. The monoisotopic (exact) mass is 515 g/mol. The molecule has 2 aromatic rings. The number of fused-ring (bicyclic) bond motifs is 1. The molecule has 9 nitrogen and oxygen atoms in total. The van der Waals surface area contributed by atoms with E-state index in [1.807, 2.05) is 0 Å². The zero-order valence-electron chi connectivity index (χ0n) is 18.2. The molecule has 1 aliphatic heterocycles. The Morgan fingerprint density at radius 3 is 2.36 bits per heavy atom. The standard InChI is InChI=1S/C21H23Cl2N3O6S/c1-13(21(28)24-2)25(10-15-16(22)5-4-6-17(15)23)20(27)11-26(33(3,29)30)14-7-8-18-19(9-14)32-12-31-18/h4-9,13H,10-12H2,1-3H3,(H,24,28)/t13-/m1/s1. The lowest BCUT2D eigenvalue weighted by Crippen LogP contribution is -2.50. The first-order valence-corrected chi connectivity index (χ1v) is 12.4. The molecule has 1 N–H and O–H groups in total. The van der Waals surface area contributed by atoms with E-state index in [0.717, 1.165) is 10.6 Å². The molecule has 0 unspecified atom stereocenters. The summed E-state index contributed by atoms with van der Waals surface area (Å²) in [5.74, 6) is -0.209. The highest BCUT2D eigenvalue weighted by atomic mass is 35.5. The van der Waals surface area contributed by atoms with Gasteiger partial charge in [-0.05, 0) is 31.2 Å². The van der Waals surface area contributed by atoms with Gasteiger partial charge in [0.15, 0.2) is 11.5 Å². The van der Waals surface area contributed by atoms with Crippen LogP contribution in [-0.2, 0) is 26.2 Å². The Morgan fingerprint density at radius 1 is 1.12 bits per heavy atom. The first kappa shape index (κ1) is 24.9. The van der Waals surface area contributed by atoms with Crippen LogP contribution in [0.4, 0.5) is 5.69 Å². The van der Waals surface area contributed by atoms with Crippen molar-refractivity contribution in [1.29, 1.82) is 0 Å². The molecule has 0 saturated heterocycles. The van der Waals surface area contributed by atoms with Gasteiger partial charge < -0.3 is 19.7 Å². The first-order chi connectivity index (χ1) is 15.5. The molecule has 0 fully saturated rings. The van der Waals surface area contributed by atoms with Crippen LogP contribution in [0.2, 0.25) is 10.0 Å². The average Bonchev–Trinajstić information content (AvgIpc) is 3.23. The molecule has 3 rings (SSSR count). The van der Waals surface area contributed by atoms with Crippen molar-refractivity contribution >= 4 is 50.7 Å². The fourth-order valence-electron chi connectivity index (χ4n) is 3.30. The van der Waals surface area contributed by atoms with Gasteiger partial charge in [-0.2, -0.15) is 0 Å². The van der Waals surface area contributed by atoms with Gasteiger partial charge in [0.1, 0.15) is 12.6 Å². The number of ether oxygens (including phenoxy) is 2. The van der Waals surface area contributed by atoms with Crippen molar-refractivity contribution in [3.05, 3.63) is 52.0 Å². The highest BCUT2D eigenvalue weighted by molar-refractivity contribution is 7.92. The first-order valence-electron chi connectivity index (χ1n) is 9.84. The molecule has 2 aromatic carbocycles. The van der Waals surface area contributed by atoms with Crippen molar-refractivity contribution in [2.45, 2.75) is 19.5 Å². The molecule has 1 aliphatic rings. The summed E-state index contributed by atoms with van der Waals surface area (Å²) in [6.45, 7) is 0.909. The summed E-state index contributed by atoms with van der Waals surface area (Å²) in [6, 6.07) is 8.53. The van der Waals surface area contributed by atoms with E-state index in [9.17, 15) is 18.0 Å². The van der Waals surface area contributed by atoms with Crippen molar-refractivity contribution in [3.8, 4) is 11.5 Å². The van der Waals surface area contributed by atoms with Gasteiger partial charge >= 0.3 is 0 Å². The van der Waals surface area contributed by atoms with Crippen LogP contribution in [0.1, 0.15) is 12.5 Å². The number of hydrogen-bond donors (Lipinski definition) is 1. The summed E-state index contributed by atoms with van der Waals surface area (Å²) in [5.41, 5.74) is 0.664. The maximum Gasteiger partial charge on any atom is 0.244 e. The lowest BCUT2D eigenvalue weighted by molar-refractivity contribution is -0.139. The summed E-state index contributed by atoms with van der Waals surface area (Å²) in [5, 5.41) is 3.14. The molecule has 2 amide bonds. The number of sulfonamides is 1. The minimum atomic E-state index is -3.87. The number of halogens is 2. The van der Waals surface area contributed by atoms with Gasteiger partial charge in [-0.15, -0.1) is 0 Å². The number of carbonyl (C=O) groups excluding carboxylic acids is 2. The van der Waals surface area contributed by atoms with E-state index >= 15 is 0 Å². The minimum Gasteiger partial charge on any atom is -0.454 e. The number of nitrogens with one attached hydrogen (secondary N) is 1. The topological polar surface area (TPSA) is 105 Å². The van der Waals surface area contributed by atoms with E-state index in [1.165, 1.54) is 31.0 Å². The lowest BCUT2D eigenvalue weighted by Gasteiger charge is -2.31. The Hall–Kier alpha value is -2.69. The summed E-state index contributed by atoms with van der Waals surface area (Å²) in [7, 11) is -2.42. The molecular formula is C21H23Cl2N3O6S. The molecule has 0 spiro atoms. The average molecular weight is 516 g/mol. The van der Waals surface area contributed by atoms with Gasteiger partial charge in [0.25, 0.3) is 0 Å². The molecular weight excluding hydrogens is 493 g/mol. The summed E-state index contributed by atoms with van der Waals surface area (Å²) in [4.78, 5) is 27.0. The number of rotatable bonds is 8. The number of nitrogens with zero attached hydrogens (tertiary/aromatic N) is 2. The predicted molar refractivity (Wildman–Crippen MR) is 125 cm³/mol. The molecule has 0 bridgehead atoms. The molecule has 1 heterocycles. The molecule has 0 aliphatic carbocycles. The molecule has 1 atom stereocenters. The fraction of sp³-hybridized carbons (Fsp3) is 0.333. The number of carbonyl (C=O) groups is 2. The number of amides is 2. The van der Waals surface area contributed by atoms with Gasteiger partial charge in [0.05, 0.1) is 11.9 Å². The van der Waals surface area contributed by atoms with E-state index in [4.69, 9.17) is 32.7 Å². The molecule has 0 saturated carbocycles. The maximum absolute atomic E-state index is 13.4. The smallest absolute Gasteiger partial charge is 0.244 e. The summed E-state index contributed by atoms with van der Waals surface area (Å²) < 4.78 is 36.7. The Balaban J connectivity index is 1.95. The third-order valence-electron chi connectivity index (χ3n) is 5.13. The normalized spacial score (nSPS) is 13.4. The predicted octanol–water partition coefficient (Wildman–Crippen LogP) is 2.65. The van der Waals surface area contributed by atoms with Crippen LogP contribution < -0.4 is 19.1 Å². The van der Waals surface area contributed by atoms with Crippen LogP contribution in [-0.4, -0.2) is 57.8 Å². The Morgan fingerprint density at radius 2 is 1.76 bits per heavy atom. The van der Waals surface area contributed by atoms with E-state index < -0.39 is 34.4 Å². The van der Waals surface area contributed by atoms with Crippen LogP contribution in [0.25, 0.3) is 0 Å². The number of likely N-dealkylation sites (N-methyl/N-ethyl adjacent to an activating group) is 1. The van der Waals surface area contributed by atoms with Crippen molar-refractivity contribution in [2.24, 2.45) is 0 Å². The minimum absolute atomic E-state index is 0.0204. The second-order valence-electron chi connectivity index (χ2n) is 7.32. The van der Waals surface area contributed by atoms with Crippen LogP contribution in [0, 0.1) is 0 Å². The number of anilines is 1. The maximum atomic E-state index is 13.4. The van der Waals surface area contributed by atoms with E-state index in [1.54, 1.807) is 24.3 Å². The Labute approximate surface area is 202 Å². The van der Waals surface area contributed by atoms with Crippen molar-refractivity contribution in [1.82, 2.24) is 10.2 Å². The Kier molecular flexibility index (Phi) is 7.61. The van der Waals surface area contributed by atoms with Crippen LogP contribution >= 0.6 is 23.2 Å². The van der Waals surface area contributed by atoms with Gasteiger partial charge in [-0.25, -0.2) is 8.42 Å². The summed E-state index contributed by atoms with van der Waals surface area (Å²) >= 11 is 12.5. The van der Waals surface area contributed by atoms with Crippen molar-refractivity contribution < 1.29 is 27.5 Å². The fourth-order valence-corrected chi connectivity index (χ4v) is 4.66. The van der Waals surface area contributed by atoms with E-state index in [0.29, 0.717) is 27.1 Å². The molecule has 33 heavy (non-hydrogen) atoms. The van der Waals surface area contributed by atoms with Crippen molar-refractivity contribution in [3.63, 3.8) is 0 Å². The molecule has 0 aromatic heterocycles. The van der Waals surface area contributed by atoms with E-state index in [-0.39, 0.29) is 19.0 Å². The molecule has 0 radical (unpaired) electrons. The van der Waals surface area contributed by atoms with Crippen LogP contribution in [0.15, 0.2) is 36.4 Å². The number of benzene rings is 2. The van der Waals surface area contributed by atoms with Gasteiger partial charge in [0.2, 0.25) is 28.6 Å².